The minimum Gasteiger partial charge on any atom is -0.299 e. The number of aromatic nitrogens is 2. The lowest BCUT2D eigenvalue weighted by Crippen LogP contribution is -2.24. The molecule has 0 aliphatic heterocycles. The topological polar surface area (TPSA) is 26.9 Å². The van der Waals surface area contributed by atoms with E-state index in [2.05, 4.69) is 13.8 Å². The van der Waals surface area contributed by atoms with E-state index in [4.69, 9.17) is 0 Å². The van der Waals surface area contributed by atoms with Crippen LogP contribution in [0, 0.1) is 0 Å². The number of hydrogen-bond donors (Lipinski definition) is 0. The first-order valence-corrected chi connectivity index (χ1v) is 6.55. The van der Waals surface area contributed by atoms with Gasteiger partial charge in [0.15, 0.2) is 0 Å². The van der Waals surface area contributed by atoms with Crippen LogP contribution in [0.2, 0.25) is 0 Å². The summed E-state index contributed by atoms with van der Waals surface area (Å²) in [5, 5.41) is 0. The van der Waals surface area contributed by atoms with Crippen molar-refractivity contribution in [3.8, 4) is 0 Å². The second-order valence-electron chi connectivity index (χ2n) is 4.38. The second-order valence-corrected chi connectivity index (χ2v) is 4.38. The van der Waals surface area contributed by atoms with Crippen LogP contribution in [0.4, 0.5) is 0 Å². The third kappa shape index (κ3) is 3.87. The van der Waals surface area contributed by atoms with Gasteiger partial charge in [-0.15, -0.1) is 0 Å². The fourth-order valence-corrected chi connectivity index (χ4v) is 1.86. The Morgan fingerprint density at radius 1 is 0.875 bits per heavy atom. The van der Waals surface area contributed by atoms with Crippen LogP contribution in [0.5, 0.6) is 0 Å². The summed E-state index contributed by atoms with van der Waals surface area (Å²) in [6, 6.07) is 0. The van der Waals surface area contributed by atoms with Crippen LogP contribution in [-0.2, 0) is 13.1 Å². The molecule has 0 aliphatic carbocycles. The minimum absolute atomic E-state index is 0.159. The summed E-state index contributed by atoms with van der Waals surface area (Å²) in [5.41, 5.74) is 0.159. The first kappa shape index (κ1) is 13.1. The number of rotatable bonds is 8. The lowest BCUT2D eigenvalue weighted by Gasteiger charge is -2.01. The van der Waals surface area contributed by atoms with E-state index < -0.39 is 0 Å². The van der Waals surface area contributed by atoms with Crippen LogP contribution in [0.1, 0.15) is 52.4 Å². The SMILES string of the molecule is CCCCCn1ccn(CCCCC)c1=O. The predicted octanol–water partition coefficient (Wildman–Crippen LogP) is 3.03. The Morgan fingerprint density at radius 2 is 1.31 bits per heavy atom. The Bertz CT molecular complexity index is 307. The van der Waals surface area contributed by atoms with Crippen LogP contribution in [0.3, 0.4) is 0 Å². The first-order chi connectivity index (χ1) is 7.79. The van der Waals surface area contributed by atoms with Crippen molar-refractivity contribution < 1.29 is 0 Å². The molecule has 0 atom stereocenters. The monoisotopic (exact) mass is 224 g/mol. The van der Waals surface area contributed by atoms with Gasteiger partial charge < -0.3 is 0 Å². The lowest BCUT2D eigenvalue weighted by molar-refractivity contribution is 0.545. The zero-order chi connectivity index (χ0) is 11.8. The van der Waals surface area contributed by atoms with Crippen molar-refractivity contribution in [1.82, 2.24) is 9.13 Å². The molecular weight excluding hydrogens is 200 g/mol. The summed E-state index contributed by atoms with van der Waals surface area (Å²) in [4.78, 5) is 11.9. The second kappa shape index (κ2) is 7.31. The standard InChI is InChI=1S/C13H24N2O/c1-3-5-7-9-14-11-12-15(13(14)16)10-8-6-4-2/h11-12H,3-10H2,1-2H3. The fourth-order valence-electron chi connectivity index (χ4n) is 1.86. The largest absolute Gasteiger partial charge is 0.328 e. The molecule has 0 radical (unpaired) electrons. The van der Waals surface area contributed by atoms with Crippen LogP contribution >= 0.6 is 0 Å². The summed E-state index contributed by atoms with van der Waals surface area (Å²) in [5.74, 6) is 0. The Labute approximate surface area is 98.1 Å². The lowest BCUT2D eigenvalue weighted by atomic mass is 10.2. The van der Waals surface area contributed by atoms with E-state index in [1.807, 2.05) is 21.5 Å². The Balaban J connectivity index is 2.45. The molecule has 1 aromatic rings. The number of imidazole rings is 1. The average Bonchev–Trinajstić information content (AvgIpc) is 2.62. The van der Waals surface area contributed by atoms with E-state index in [1.54, 1.807) is 0 Å². The van der Waals surface area contributed by atoms with Crippen molar-refractivity contribution >= 4 is 0 Å². The molecule has 1 rings (SSSR count). The normalized spacial score (nSPS) is 10.9. The highest BCUT2D eigenvalue weighted by Gasteiger charge is 2.01. The summed E-state index contributed by atoms with van der Waals surface area (Å²) in [6.07, 6.45) is 10.9. The number of unbranched alkanes of at least 4 members (excludes halogenated alkanes) is 4. The van der Waals surface area contributed by atoms with E-state index in [0.717, 1.165) is 25.9 Å². The Kier molecular flexibility index (Phi) is 5.98. The maximum atomic E-state index is 11.9. The van der Waals surface area contributed by atoms with Crippen molar-refractivity contribution in [3.63, 3.8) is 0 Å². The molecule has 0 aromatic carbocycles. The Hall–Kier alpha value is -0.990. The molecule has 0 bridgehead atoms. The molecule has 3 nitrogen and oxygen atoms in total. The maximum absolute atomic E-state index is 11.9. The van der Waals surface area contributed by atoms with Gasteiger partial charge in [0.05, 0.1) is 0 Å². The molecule has 0 saturated heterocycles. The van der Waals surface area contributed by atoms with Gasteiger partial charge >= 0.3 is 5.69 Å². The van der Waals surface area contributed by atoms with Gasteiger partial charge in [0.25, 0.3) is 0 Å². The highest BCUT2D eigenvalue weighted by atomic mass is 16.1. The van der Waals surface area contributed by atoms with Crippen LogP contribution in [0.15, 0.2) is 17.2 Å². The first-order valence-electron chi connectivity index (χ1n) is 6.55. The van der Waals surface area contributed by atoms with Crippen LogP contribution in [-0.4, -0.2) is 9.13 Å². The maximum Gasteiger partial charge on any atom is 0.328 e. The summed E-state index contributed by atoms with van der Waals surface area (Å²) in [7, 11) is 0. The van der Waals surface area contributed by atoms with E-state index in [-0.39, 0.29) is 5.69 Å². The van der Waals surface area contributed by atoms with Gasteiger partial charge in [0.1, 0.15) is 0 Å². The van der Waals surface area contributed by atoms with Gasteiger partial charge in [-0.1, -0.05) is 39.5 Å². The van der Waals surface area contributed by atoms with E-state index in [1.165, 1.54) is 25.7 Å². The van der Waals surface area contributed by atoms with E-state index in [9.17, 15) is 4.79 Å². The van der Waals surface area contributed by atoms with E-state index >= 15 is 0 Å². The predicted molar refractivity (Wildman–Crippen MR) is 67.7 cm³/mol. The molecule has 3 heteroatoms. The molecule has 16 heavy (non-hydrogen) atoms. The summed E-state index contributed by atoms with van der Waals surface area (Å²) < 4.78 is 3.67. The van der Waals surface area contributed by atoms with Crippen molar-refractivity contribution in [1.29, 1.82) is 0 Å². The number of aryl methyl sites for hydroxylation is 2. The van der Waals surface area contributed by atoms with Crippen molar-refractivity contribution in [3.05, 3.63) is 22.9 Å². The number of hydrogen-bond acceptors (Lipinski definition) is 1. The van der Waals surface area contributed by atoms with Gasteiger partial charge in [-0.25, -0.2) is 4.79 Å². The van der Waals surface area contributed by atoms with Gasteiger partial charge in [-0.2, -0.15) is 0 Å². The van der Waals surface area contributed by atoms with Crippen molar-refractivity contribution in [2.75, 3.05) is 0 Å². The third-order valence-electron chi connectivity index (χ3n) is 2.92. The van der Waals surface area contributed by atoms with Crippen LogP contribution in [0.25, 0.3) is 0 Å². The highest BCUT2D eigenvalue weighted by Crippen LogP contribution is 1.99. The molecule has 0 saturated carbocycles. The van der Waals surface area contributed by atoms with Gasteiger partial charge in [0.2, 0.25) is 0 Å². The minimum atomic E-state index is 0.159. The third-order valence-corrected chi connectivity index (χ3v) is 2.92. The molecule has 1 heterocycles. The molecule has 1 aromatic heterocycles. The molecule has 0 amide bonds. The quantitative estimate of drug-likeness (QED) is 0.623. The van der Waals surface area contributed by atoms with Crippen molar-refractivity contribution in [2.24, 2.45) is 0 Å². The van der Waals surface area contributed by atoms with Crippen molar-refractivity contribution in [2.45, 2.75) is 65.5 Å². The molecule has 0 aliphatic rings. The zero-order valence-electron chi connectivity index (χ0n) is 10.6. The molecule has 0 spiro atoms. The summed E-state index contributed by atoms with van der Waals surface area (Å²) >= 11 is 0. The molecular formula is C13H24N2O. The zero-order valence-corrected chi connectivity index (χ0v) is 10.6. The molecule has 0 N–H and O–H groups in total. The van der Waals surface area contributed by atoms with Gasteiger partial charge in [-0.05, 0) is 12.8 Å². The van der Waals surface area contributed by atoms with Crippen LogP contribution < -0.4 is 5.69 Å². The van der Waals surface area contributed by atoms with Gasteiger partial charge in [-0.3, -0.25) is 9.13 Å². The molecule has 0 unspecified atom stereocenters. The molecule has 92 valence electrons. The highest BCUT2D eigenvalue weighted by molar-refractivity contribution is 4.81. The fraction of sp³-hybridized carbons (Fsp3) is 0.769. The van der Waals surface area contributed by atoms with E-state index in [0.29, 0.717) is 0 Å². The Morgan fingerprint density at radius 3 is 1.69 bits per heavy atom. The molecule has 0 fully saturated rings. The average molecular weight is 224 g/mol. The number of nitrogens with zero attached hydrogens (tertiary/aromatic N) is 2. The smallest absolute Gasteiger partial charge is 0.299 e. The summed E-state index contributed by atoms with van der Waals surface area (Å²) in [6.45, 7) is 6.10. The van der Waals surface area contributed by atoms with Gasteiger partial charge in [0, 0.05) is 25.5 Å².